The monoisotopic (exact) mass is 286 g/mol. The second-order valence-corrected chi connectivity index (χ2v) is 4.56. The number of aryl methyl sites for hydroxylation is 1. The van der Waals surface area contributed by atoms with Gasteiger partial charge < -0.3 is 19.0 Å². The largest absolute Gasteiger partial charge is 0.508 e. The summed E-state index contributed by atoms with van der Waals surface area (Å²) in [6.07, 6.45) is 1.17. The number of carbonyl (C=O) groups is 1. The molecule has 106 valence electrons. The minimum Gasteiger partial charge on any atom is -0.508 e. The minimum atomic E-state index is -0.924. The number of hydrogen-bond donors (Lipinski definition) is 2. The first kappa shape index (κ1) is 13.0. The summed E-state index contributed by atoms with van der Waals surface area (Å²) >= 11 is 0. The number of hydrogen-bond acceptors (Lipinski definition) is 6. The van der Waals surface area contributed by atoms with E-state index < -0.39 is 22.7 Å². The third kappa shape index (κ3) is 2.06. The fourth-order valence-corrected chi connectivity index (χ4v) is 2.13. The Bertz CT molecular complexity index is 916. The smallest absolute Gasteiger partial charge is 0.351 e. The highest BCUT2D eigenvalue weighted by molar-refractivity contribution is 6.16. The number of aromatic hydroxyl groups is 2. The lowest BCUT2D eigenvalue weighted by molar-refractivity contribution is 0.103. The first-order valence-corrected chi connectivity index (χ1v) is 6.06. The van der Waals surface area contributed by atoms with Crippen molar-refractivity contribution in [2.45, 2.75) is 6.92 Å². The van der Waals surface area contributed by atoms with Crippen molar-refractivity contribution in [1.82, 2.24) is 0 Å². The van der Waals surface area contributed by atoms with Crippen LogP contribution in [-0.4, -0.2) is 16.0 Å². The number of furan rings is 1. The fourth-order valence-electron chi connectivity index (χ4n) is 2.13. The Morgan fingerprint density at radius 3 is 2.67 bits per heavy atom. The third-order valence-corrected chi connectivity index (χ3v) is 3.08. The quantitative estimate of drug-likeness (QED) is 0.701. The molecule has 0 bridgehead atoms. The average molecular weight is 286 g/mol. The lowest BCUT2D eigenvalue weighted by Crippen LogP contribution is -2.15. The van der Waals surface area contributed by atoms with E-state index >= 15 is 0 Å². The minimum absolute atomic E-state index is 0.0434. The molecule has 2 heterocycles. The van der Waals surface area contributed by atoms with Gasteiger partial charge in [-0.2, -0.15) is 0 Å². The second kappa shape index (κ2) is 4.52. The number of carbonyl (C=O) groups excluding carboxylic acids is 1. The highest BCUT2D eigenvalue weighted by Gasteiger charge is 2.23. The van der Waals surface area contributed by atoms with Crippen LogP contribution in [0.1, 0.15) is 21.7 Å². The van der Waals surface area contributed by atoms with Gasteiger partial charge in [-0.15, -0.1) is 0 Å². The second-order valence-electron chi connectivity index (χ2n) is 4.56. The van der Waals surface area contributed by atoms with Crippen LogP contribution in [0.15, 0.2) is 44.2 Å². The van der Waals surface area contributed by atoms with Crippen molar-refractivity contribution in [3.63, 3.8) is 0 Å². The van der Waals surface area contributed by atoms with Crippen molar-refractivity contribution in [1.29, 1.82) is 0 Å². The maximum atomic E-state index is 12.4. The molecule has 0 aliphatic carbocycles. The van der Waals surface area contributed by atoms with Crippen LogP contribution >= 0.6 is 0 Å². The topological polar surface area (TPSA) is 101 Å². The molecule has 0 fully saturated rings. The molecule has 0 radical (unpaired) electrons. The normalized spacial score (nSPS) is 10.9. The molecule has 6 nitrogen and oxygen atoms in total. The highest BCUT2D eigenvalue weighted by Crippen LogP contribution is 2.28. The van der Waals surface area contributed by atoms with Gasteiger partial charge in [0.1, 0.15) is 34.7 Å². The zero-order chi connectivity index (χ0) is 15.1. The summed E-state index contributed by atoms with van der Waals surface area (Å²) in [5.74, 6) is -1.03. The van der Waals surface area contributed by atoms with Gasteiger partial charge >= 0.3 is 5.63 Å². The molecule has 0 saturated heterocycles. The number of benzene rings is 1. The summed E-state index contributed by atoms with van der Waals surface area (Å²) in [4.78, 5) is 24.2. The molecule has 3 aromatic rings. The van der Waals surface area contributed by atoms with E-state index in [0.29, 0.717) is 11.0 Å². The van der Waals surface area contributed by atoms with E-state index in [2.05, 4.69) is 0 Å². The van der Waals surface area contributed by atoms with Crippen molar-refractivity contribution >= 4 is 16.8 Å². The van der Waals surface area contributed by atoms with E-state index in [9.17, 15) is 19.8 Å². The first-order chi connectivity index (χ1) is 9.97. The number of rotatable bonds is 2. The van der Waals surface area contributed by atoms with Gasteiger partial charge in [0.15, 0.2) is 0 Å². The van der Waals surface area contributed by atoms with Crippen LogP contribution in [-0.2, 0) is 0 Å². The van der Waals surface area contributed by atoms with Crippen molar-refractivity contribution < 1.29 is 23.8 Å². The number of ketones is 1. The molecule has 0 aliphatic heterocycles. The molecule has 2 N–H and O–H groups in total. The standard InChI is InChI=1S/C15H10O6/c1-7-4-11(17)13(15(19)21-7)14(18)10-6-20-12-3-2-8(16)5-9(10)12/h2-6,16-17H,1H3. The SMILES string of the molecule is Cc1cc(O)c(C(=O)c2coc3ccc(O)cc23)c(=O)o1. The van der Waals surface area contributed by atoms with Gasteiger partial charge in [-0.3, -0.25) is 4.79 Å². The van der Waals surface area contributed by atoms with E-state index in [-0.39, 0.29) is 17.1 Å². The summed E-state index contributed by atoms with van der Waals surface area (Å²) in [5, 5.41) is 19.6. The van der Waals surface area contributed by atoms with Crippen LogP contribution in [0, 0.1) is 6.92 Å². The van der Waals surface area contributed by atoms with Crippen LogP contribution in [0.5, 0.6) is 11.5 Å². The Balaban J connectivity index is 2.22. The molecular formula is C15H10O6. The molecule has 3 rings (SSSR count). The molecule has 0 amide bonds. The van der Waals surface area contributed by atoms with Crippen LogP contribution in [0.3, 0.4) is 0 Å². The van der Waals surface area contributed by atoms with Crippen LogP contribution in [0.2, 0.25) is 0 Å². The van der Waals surface area contributed by atoms with Crippen LogP contribution in [0.4, 0.5) is 0 Å². The molecular weight excluding hydrogens is 276 g/mol. The van der Waals surface area contributed by atoms with E-state index in [0.717, 1.165) is 0 Å². The highest BCUT2D eigenvalue weighted by atomic mass is 16.4. The molecule has 21 heavy (non-hydrogen) atoms. The molecule has 0 atom stereocenters. The maximum absolute atomic E-state index is 12.4. The summed E-state index contributed by atoms with van der Waals surface area (Å²) in [5.41, 5.74) is -0.946. The Kier molecular flexibility index (Phi) is 2.79. The molecule has 2 aromatic heterocycles. The van der Waals surface area contributed by atoms with E-state index in [1.165, 1.54) is 37.5 Å². The number of fused-ring (bicyclic) bond motifs is 1. The fraction of sp³-hybridized carbons (Fsp3) is 0.0667. The van der Waals surface area contributed by atoms with E-state index in [4.69, 9.17) is 8.83 Å². The van der Waals surface area contributed by atoms with Gasteiger partial charge in [0.25, 0.3) is 0 Å². The maximum Gasteiger partial charge on any atom is 0.351 e. The number of phenols is 1. The summed E-state index contributed by atoms with van der Waals surface area (Å²) in [6, 6.07) is 5.45. The zero-order valence-corrected chi connectivity index (χ0v) is 10.9. The molecule has 0 aliphatic rings. The predicted molar refractivity (Wildman–Crippen MR) is 72.7 cm³/mol. The molecule has 1 aromatic carbocycles. The van der Waals surface area contributed by atoms with Crippen molar-refractivity contribution in [2.24, 2.45) is 0 Å². The Labute approximate surface area is 117 Å². The van der Waals surface area contributed by atoms with Crippen LogP contribution in [0.25, 0.3) is 11.0 Å². The van der Waals surface area contributed by atoms with Gasteiger partial charge in [-0.05, 0) is 25.1 Å². The average Bonchev–Trinajstić information content (AvgIpc) is 2.80. The van der Waals surface area contributed by atoms with Gasteiger partial charge in [-0.25, -0.2) is 4.79 Å². The summed E-state index contributed by atoms with van der Waals surface area (Å²) < 4.78 is 10.0. The Morgan fingerprint density at radius 1 is 1.19 bits per heavy atom. The van der Waals surface area contributed by atoms with Gasteiger partial charge in [0, 0.05) is 11.5 Å². The molecule has 0 saturated carbocycles. The van der Waals surface area contributed by atoms with Crippen molar-refractivity contribution in [3.8, 4) is 11.5 Å². The van der Waals surface area contributed by atoms with E-state index in [1.54, 1.807) is 0 Å². The molecule has 0 spiro atoms. The Morgan fingerprint density at radius 2 is 1.95 bits per heavy atom. The first-order valence-electron chi connectivity index (χ1n) is 6.06. The summed E-state index contributed by atoms with van der Waals surface area (Å²) in [7, 11) is 0. The molecule has 6 heteroatoms. The van der Waals surface area contributed by atoms with Crippen molar-refractivity contribution in [2.75, 3.05) is 0 Å². The van der Waals surface area contributed by atoms with Gasteiger partial charge in [0.05, 0.1) is 5.56 Å². The van der Waals surface area contributed by atoms with Gasteiger partial charge in [-0.1, -0.05) is 0 Å². The summed E-state index contributed by atoms with van der Waals surface area (Å²) in [6.45, 7) is 1.49. The van der Waals surface area contributed by atoms with Crippen LogP contribution < -0.4 is 5.63 Å². The van der Waals surface area contributed by atoms with Gasteiger partial charge in [0.2, 0.25) is 5.78 Å². The molecule has 0 unspecified atom stereocenters. The van der Waals surface area contributed by atoms with Crippen molar-refractivity contribution in [3.05, 3.63) is 57.8 Å². The zero-order valence-electron chi connectivity index (χ0n) is 10.9. The predicted octanol–water partition coefficient (Wildman–Crippen LogP) is 2.34. The van der Waals surface area contributed by atoms with E-state index in [1.807, 2.05) is 0 Å². The number of phenolic OH excluding ortho intramolecular Hbond substituents is 1. The lowest BCUT2D eigenvalue weighted by atomic mass is 10.0. The third-order valence-electron chi connectivity index (χ3n) is 3.08. The Hall–Kier alpha value is -3.02. The lowest BCUT2D eigenvalue weighted by Gasteiger charge is -2.02.